The van der Waals surface area contributed by atoms with Crippen molar-refractivity contribution in [3.63, 3.8) is 0 Å². The van der Waals surface area contributed by atoms with Crippen LogP contribution in [0.25, 0.3) is 10.9 Å². The Morgan fingerprint density at radius 1 is 0.969 bits per heavy atom. The van der Waals surface area contributed by atoms with Crippen LogP contribution in [-0.4, -0.2) is 25.9 Å². The van der Waals surface area contributed by atoms with Gasteiger partial charge in [0.25, 0.3) is 15.9 Å². The molecule has 0 fully saturated rings. The summed E-state index contributed by atoms with van der Waals surface area (Å²) in [7, 11) is -3.81. The van der Waals surface area contributed by atoms with Crippen molar-refractivity contribution < 1.29 is 13.2 Å². The largest absolute Gasteiger partial charge is 0.361 e. The lowest BCUT2D eigenvalue weighted by Crippen LogP contribution is -2.26. The van der Waals surface area contributed by atoms with E-state index >= 15 is 0 Å². The van der Waals surface area contributed by atoms with Gasteiger partial charge in [0.05, 0.1) is 4.90 Å². The van der Waals surface area contributed by atoms with Crippen molar-refractivity contribution in [2.45, 2.75) is 25.2 Å². The standard InChI is InChI=1S/C25H25N3O3S/c1-17-7-10-20(11-8-17)28-32(30,31)21-12-9-18(2)23(15-21)25(29)26-14-13-19-16-27-24-6-4-3-5-22(19)24/h3-12,15-16,27-28H,13-14H2,1-2H3,(H,26,29). The van der Waals surface area contributed by atoms with Gasteiger partial charge in [0.1, 0.15) is 0 Å². The molecule has 4 aromatic rings. The fourth-order valence-corrected chi connectivity index (χ4v) is 4.68. The molecular weight excluding hydrogens is 422 g/mol. The zero-order valence-electron chi connectivity index (χ0n) is 18.0. The highest BCUT2D eigenvalue weighted by Crippen LogP contribution is 2.20. The lowest BCUT2D eigenvalue weighted by Gasteiger charge is -2.12. The first kappa shape index (κ1) is 21.6. The Bertz CT molecular complexity index is 1370. The highest BCUT2D eigenvalue weighted by Gasteiger charge is 2.18. The number of carbonyl (C=O) groups is 1. The van der Waals surface area contributed by atoms with Crippen LogP contribution in [0.3, 0.4) is 0 Å². The van der Waals surface area contributed by atoms with E-state index in [2.05, 4.69) is 15.0 Å². The van der Waals surface area contributed by atoms with Gasteiger partial charge in [-0.3, -0.25) is 9.52 Å². The first-order valence-corrected chi connectivity index (χ1v) is 11.9. The number of benzene rings is 3. The van der Waals surface area contributed by atoms with E-state index in [9.17, 15) is 13.2 Å². The molecule has 0 bridgehead atoms. The summed E-state index contributed by atoms with van der Waals surface area (Å²) in [6.07, 6.45) is 2.62. The molecule has 3 N–H and O–H groups in total. The molecule has 0 saturated carbocycles. The Balaban J connectivity index is 1.46. The fraction of sp³-hybridized carbons (Fsp3) is 0.160. The van der Waals surface area contributed by atoms with E-state index in [1.54, 1.807) is 25.1 Å². The van der Waals surface area contributed by atoms with E-state index in [0.717, 1.165) is 22.0 Å². The van der Waals surface area contributed by atoms with Crippen molar-refractivity contribution in [2.24, 2.45) is 0 Å². The second-order valence-electron chi connectivity index (χ2n) is 7.81. The van der Waals surface area contributed by atoms with Crippen LogP contribution in [0.5, 0.6) is 0 Å². The fourth-order valence-electron chi connectivity index (χ4n) is 3.59. The molecular formula is C25H25N3O3S. The van der Waals surface area contributed by atoms with E-state index in [1.165, 1.54) is 12.1 Å². The third-order valence-electron chi connectivity index (χ3n) is 5.42. The van der Waals surface area contributed by atoms with Gasteiger partial charge in [-0.1, -0.05) is 42.0 Å². The molecule has 6 nitrogen and oxygen atoms in total. The van der Waals surface area contributed by atoms with Crippen LogP contribution in [0.15, 0.2) is 77.8 Å². The number of amides is 1. The molecule has 4 rings (SSSR count). The van der Waals surface area contributed by atoms with Gasteiger partial charge >= 0.3 is 0 Å². The van der Waals surface area contributed by atoms with Gasteiger partial charge in [-0.05, 0) is 61.7 Å². The number of H-pyrrole nitrogens is 1. The predicted octanol–water partition coefficient (Wildman–Crippen LogP) is 4.56. The summed E-state index contributed by atoms with van der Waals surface area (Å²) in [4.78, 5) is 16.1. The van der Waals surface area contributed by atoms with Crippen LogP contribution in [0.2, 0.25) is 0 Å². The van der Waals surface area contributed by atoms with Gasteiger partial charge in [-0.25, -0.2) is 8.42 Å². The molecule has 0 atom stereocenters. The van der Waals surface area contributed by atoms with Crippen molar-refractivity contribution in [3.8, 4) is 0 Å². The Labute approximate surface area is 187 Å². The van der Waals surface area contributed by atoms with Gasteiger partial charge in [-0.2, -0.15) is 0 Å². The molecule has 32 heavy (non-hydrogen) atoms. The van der Waals surface area contributed by atoms with E-state index in [0.29, 0.717) is 29.8 Å². The maximum absolute atomic E-state index is 12.8. The minimum Gasteiger partial charge on any atom is -0.361 e. The number of hydrogen-bond acceptors (Lipinski definition) is 3. The van der Waals surface area contributed by atoms with Crippen molar-refractivity contribution in [2.75, 3.05) is 11.3 Å². The number of carbonyl (C=O) groups excluding carboxylic acids is 1. The first-order chi connectivity index (χ1) is 15.3. The molecule has 1 heterocycles. The molecule has 0 saturated heterocycles. The third kappa shape index (κ3) is 4.68. The van der Waals surface area contributed by atoms with Crippen molar-refractivity contribution >= 4 is 32.5 Å². The summed E-state index contributed by atoms with van der Waals surface area (Å²) in [6.45, 7) is 4.17. The number of para-hydroxylation sites is 1. The van der Waals surface area contributed by atoms with Crippen LogP contribution in [0, 0.1) is 13.8 Å². The highest BCUT2D eigenvalue weighted by atomic mass is 32.2. The van der Waals surface area contributed by atoms with Gasteiger partial charge in [0.15, 0.2) is 0 Å². The molecule has 7 heteroatoms. The van der Waals surface area contributed by atoms with Gasteiger partial charge in [-0.15, -0.1) is 0 Å². The topological polar surface area (TPSA) is 91.1 Å². The number of aromatic nitrogens is 1. The van der Waals surface area contributed by atoms with Crippen LogP contribution in [-0.2, 0) is 16.4 Å². The lowest BCUT2D eigenvalue weighted by molar-refractivity contribution is 0.0953. The van der Waals surface area contributed by atoms with Crippen LogP contribution in [0.1, 0.15) is 27.0 Å². The molecule has 0 aliphatic heterocycles. The molecule has 1 amide bonds. The second kappa shape index (κ2) is 8.88. The number of nitrogens with one attached hydrogen (secondary N) is 3. The quantitative estimate of drug-likeness (QED) is 0.388. The molecule has 0 spiro atoms. The number of rotatable bonds is 7. The maximum atomic E-state index is 12.8. The van der Waals surface area contributed by atoms with Crippen LogP contribution in [0.4, 0.5) is 5.69 Å². The lowest BCUT2D eigenvalue weighted by atomic mass is 10.1. The maximum Gasteiger partial charge on any atom is 0.261 e. The predicted molar refractivity (Wildman–Crippen MR) is 128 cm³/mol. The Morgan fingerprint density at radius 3 is 2.50 bits per heavy atom. The minimum atomic E-state index is -3.81. The van der Waals surface area contributed by atoms with Crippen molar-refractivity contribution in [1.82, 2.24) is 10.3 Å². The monoisotopic (exact) mass is 447 g/mol. The summed E-state index contributed by atoms with van der Waals surface area (Å²) >= 11 is 0. The molecule has 0 unspecified atom stereocenters. The first-order valence-electron chi connectivity index (χ1n) is 10.4. The van der Waals surface area contributed by atoms with Gasteiger partial charge < -0.3 is 10.3 Å². The highest BCUT2D eigenvalue weighted by molar-refractivity contribution is 7.92. The average molecular weight is 448 g/mol. The molecule has 1 aromatic heterocycles. The SMILES string of the molecule is Cc1ccc(NS(=O)(=O)c2ccc(C)c(C(=O)NCCc3c[nH]c4ccccc34)c2)cc1. The number of anilines is 1. The van der Waals surface area contributed by atoms with E-state index in [-0.39, 0.29) is 10.8 Å². The normalized spacial score (nSPS) is 11.4. The zero-order chi connectivity index (χ0) is 22.7. The number of sulfonamides is 1. The molecule has 3 aromatic carbocycles. The van der Waals surface area contributed by atoms with Crippen molar-refractivity contribution in [3.05, 3.63) is 95.2 Å². The summed E-state index contributed by atoms with van der Waals surface area (Å²) in [5, 5.41) is 4.04. The summed E-state index contributed by atoms with van der Waals surface area (Å²) < 4.78 is 28.2. The second-order valence-corrected chi connectivity index (χ2v) is 9.50. The van der Waals surface area contributed by atoms with E-state index in [1.807, 2.05) is 49.5 Å². The Hall–Kier alpha value is -3.58. The van der Waals surface area contributed by atoms with Crippen LogP contribution >= 0.6 is 0 Å². The van der Waals surface area contributed by atoms with Gasteiger partial charge in [0, 0.05) is 34.9 Å². The number of hydrogen-bond donors (Lipinski definition) is 3. The van der Waals surface area contributed by atoms with E-state index in [4.69, 9.17) is 0 Å². The molecule has 0 radical (unpaired) electrons. The number of aromatic amines is 1. The summed E-state index contributed by atoms with van der Waals surface area (Å²) in [6, 6.07) is 19.7. The zero-order valence-corrected chi connectivity index (χ0v) is 18.8. The third-order valence-corrected chi connectivity index (χ3v) is 6.80. The number of aryl methyl sites for hydroxylation is 2. The minimum absolute atomic E-state index is 0.0467. The Kier molecular flexibility index (Phi) is 6.01. The Morgan fingerprint density at radius 2 is 1.72 bits per heavy atom. The molecule has 0 aliphatic carbocycles. The van der Waals surface area contributed by atoms with Crippen LogP contribution < -0.4 is 10.0 Å². The molecule has 164 valence electrons. The molecule has 0 aliphatic rings. The average Bonchev–Trinajstić information content (AvgIpc) is 3.18. The van der Waals surface area contributed by atoms with Gasteiger partial charge in [0.2, 0.25) is 0 Å². The smallest absolute Gasteiger partial charge is 0.261 e. The number of fused-ring (bicyclic) bond motifs is 1. The summed E-state index contributed by atoms with van der Waals surface area (Å²) in [5.41, 5.74) is 4.75. The van der Waals surface area contributed by atoms with Crippen molar-refractivity contribution in [1.29, 1.82) is 0 Å². The van der Waals surface area contributed by atoms with E-state index < -0.39 is 10.0 Å². The summed E-state index contributed by atoms with van der Waals surface area (Å²) in [5.74, 6) is -0.297.